The van der Waals surface area contributed by atoms with Crippen molar-refractivity contribution >= 4 is 11.6 Å². The molecule has 1 rings (SSSR count). The van der Waals surface area contributed by atoms with E-state index in [0.29, 0.717) is 0 Å². The van der Waals surface area contributed by atoms with E-state index in [-0.39, 0.29) is 0 Å². The van der Waals surface area contributed by atoms with E-state index in [9.17, 15) is 65.9 Å². The fourth-order valence-corrected chi connectivity index (χ4v) is 1.95. The summed E-state index contributed by atoms with van der Waals surface area (Å²) in [6.45, 7) is 0. The van der Waals surface area contributed by atoms with Crippen LogP contribution in [0.5, 0.6) is 0 Å². The Bertz CT molecular complexity index is 570. The van der Waals surface area contributed by atoms with Gasteiger partial charge in [-0.2, -0.15) is 65.9 Å². The zero-order valence-corrected chi connectivity index (χ0v) is 11.7. The first-order valence-corrected chi connectivity index (χ1v) is 5.81. The third-order valence-corrected chi connectivity index (χ3v) is 3.41. The minimum absolute atomic E-state index is 2.15. The van der Waals surface area contributed by atoms with Crippen molar-refractivity contribution in [2.24, 2.45) is 0 Å². The van der Waals surface area contributed by atoms with E-state index in [2.05, 4.69) is 16.3 Å². The molecule has 1 aliphatic rings. The quantitative estimate of drug-likeness (QED) is 0.489. The first-order valence-electron chi connectivity index (χ1n) is 5.43. The van der Waals surface area contributed by atoms with Gasteiger partial charge in [-0.1, -0.05) is 11.6 Å². The Hall–Kier alpha value is -1.22. The fourth-order valence-electron chi connectivity index (χ4n) is 1.68. The van der Waals surface area contributed by atoms with Gasteiger partial charge in [-0.25, -0.2) is 0 Å². The average molecular weight is 445 g/mol. The molecule has 0 radical (unpaired) electrons. The highest BCUT2D eigenvalue weighted by Gasteiger charge is 2.90. The molecule has 1 nitrogen and oxygen atoms in total. The van der Waals surface area contributed by atoms with E-state index in [1.165, 1.54) is 0 Å². The minimum Gasteiger partial charge on any atom is -0.458 e. The fraction of sp³-hybridized carbons (Fsp3) is 0.778. The Balaban J connectivity index is 3.84. The molecule has 0 spiro atoms. The summed E-state index contributed by atoms with van der Waals surface area (Å²) in [4.78, 5) is 0. The predicted octanol–water partition coefficient (Wildman–Crippen LogP) is 5.80. The number of halogens is 16. The highest BCUT2D eigenvalue weighted by Crippen LogP contribution is 2.64. The van der Waals surface area contributed by atoms with Gasteiger partial charge in [0.05, 0.1) is 0 Å². The number of hydrogen-bond acceptors (Lipinski definition) is 1. The zero-order chi connectivity index (χ0) is 21.4. The molecule has 0 saturated carbocycles. The van der Waals surface area contributed by atoms with Crippen molar-refractivity contribution < 1.29 is 70.6 Å². The lowest BCUT2D eigenvalue weighted by atomic mass is 10.0. The Morgan fingerprint density at radius 1 is 0.615 bits per heavy atom. The lowest BCUT2D eigenvalue weighted by Gasteiger charge is -2.39. The predicted molar refractivity (Wildman–Crippen MR) is 49.7 cm³/mol. The van der Waals surface area contributed by atoms with Crippen molar-refractivity contribution in [2.75, 3.05) is 0 Å². The summed E-state index contributed by atoms with van der Waals surface area (Å²) in [7, 11) is 0. The largest absolute Gasteiger partial charge is 0.458 e. The molecule has 26 heavy (non-hydrogen) atoms. The van der Waals surface area contributed by atoms with E-state index in [0.717, 1.165) is 0 Å². The van der Waals surface area contributed by atoms with Crippen LogP contribution in [0, 0.1) is 0 Å². The van der Waals surface area contributed by atoms with Crippen molar-refractivity contribution in [1.29, 1.82) is 0 Å². The van der Waals surface area contributed by atoms with Gasteiger partial charge in [0, 0.05) is 0 Å². The van der Waals surface area contributed by atoms with Crippen molar-refractivity contribution in [3.05, 3.63) is 10.8 Å². The molecule has 0 amide bonds. The van der Waals surface area contributed by atoms with E-state index >= 15 is 0 Å². The van der Waals surface area contributed by atoms with Gasteiger partial charge in [0.25, 0.3) is 0 Å². The molecule has 0 unspecified atom stereocenters. The van der Waals surface area contributed by atoms with Crippen molar-refractivity contribution in [1.82, 2.24) is 0 Å². The Morgan fingerprint density at radius 2 is 0.923 bits per heavy atom. The van der Waals surface area contributed by atoms with Crippen LogP contribution in [0.25, 0.3) is 0 Å². The molecule has 154 valence electrons. The second kappa shape index (κ2) is 5.41. The topological polar surface area (TPSA) is 9.23 Å². The van der Waals surface area contributed by atoms with Crippen LogP contribution in [0.4, 0.5) is 65.9 Å². The van der Waals surface area contributed by atoms with Crippen LogP contribution in [0.15, 0.2) is 10.8 Å². The summed E-state index contributed by atoms with van der Waals surface area (Å²) in [5.41, 5.74) is -7.54. The molecule has 0 heterocycles. The van der Waals surface area contributed by atoms with Crippen LogP contribution >= 0.6 is 11.6 Å². The summed E-state index contributed by atoms with van der Waals surface area (Å²) < 4.78 is 193. The first-order chi connectivity index (χ1) is 11.0. The third kappa shape index (κ3) is 2.58. The van der Waals surface area contributed by atoms with E-state index in [1.807, 2.05) is 0 Å². The Labute approximate surface area is 136 Å². The molecule has 17 heteroatoms. The minimum atomic E-state index is -7.64. The second-order valence-corrected chi connectivity index (χ2v) is 5.02. The van der Waals surface area contributed by atoms with Crippen molar-refractivity contribution in [2.45, 2.75) is 41.9 Å². The Morgan fingerprint density at radius 3 is 1.12 bits per heavy atom. The summed E-state index contributed by atoms with van der Waals surface area (Å²) in [5, 5.41) is -3.45. The van der Waals surface area contributed by atoms with Crippen LogP contribution in [0.3, 0.4) is 0 Å². The Kier molecular flexibility index (Phi) is 4.74. The van der Waals surface area contributed by atoms with Gasteiger partial charge in [0.2, 0.25) is 0 Å². The maximum absolute atomic E-state index is 13.2. The molecule has 0 aliphatic heterocycles. The number of ether oxygens (including phenoxy) is 1. The first kappa shape index (κ1) is 22.8. The monoisotopic (exact) mass is 444 g/mol. The molecule has 0 atom stereocenters. The second-order valence-electron chi connectivity index (χ2n) is 4.64. The average Bonchev–Trinajstić information content (AvgIpc) is 2.40. The molecule has 0 aromatic carbocycles. The van der Waals surface area contributed by atoms with Crippen LogP contribution < -0.4 is 0 Å². The van der Waals surface area contributed by atoms with E-state index < -0.39 is 52.7 Å². The van der Waals surface area contributed by atoms with Gasteiger partial charge in [-0.3, -0.25) is 0 Å². The standard InChI is InChI=1S/C9ClF15O/c10-1-2(4(13,14)6(15,16)3(1,11)12)26-5(7(17,18)19,8(20,21)22)9(23,24)25. The van der Waals surface area contributed by atoms with Crippen molar-refractivity contribution in [3.8, 4) is 0 Å². The molecule has 1 aliphatic carbocycles. The lowest BCUT2D eigenvalue weighted by Crippen LogP contribution is -2.68. The third-order valence-electron chi connectivity index (χ3n) is 3.00. The van der Waals surface area contributed by atoms with Gasteiger partial charge in [-0.05, 0) is 0 Å². The zero-order valence-electron chi connectivity index (χ0n) is 11.0. The van der Waals surface area contributed by atoms with Gasteiger partial charge in [-0.15, -0.1) is 0 Å². The highest BCUT2D eigenvalue weighted by molar-refractivity contribution is 6.31. The van der Waals surface area contributed by atoms with Gasteiger partial charge in [0.1, 0.15) is 5.03 Å². The summed E-state index contributed by atoms with van der Waals surface area (Å²) in [5.74, 6) is -23.8. The van der Waals surface area contributed by atoms with Crippen LogP contribution in [0.2, 0.25) is 0 Å². The molecule has 0 bridgehead atoms. The molecule has 0 N–H and O–H groups in total. The molecule has 0 aromatic rings. The lowest BCUT2D eigenvalue weighted by molar-refractivity contribution is -0.453. The maximum atomic E-state index is 13.2. The number of alkyl halides is 15. The van der Waals surface area contributed by atoms with E-state index in [1.54, 1.807) is 0 Å². The number of hydrogen-bond donors (Lipinski definition) is 0. The normalized spacial score (nSPS) is 23.4. The molecular formula is C9ClF15O. The van der Waals surface area contributed by atoms with Crippen LogP contribution in [-0.4, -0.2) is 41.9 Å². The molecular weight excluding hydrogens is 445 g/mol. The van der Waals surface area contributed by atoms with Gasteiger partial charge in [0.15, 0.2) is 5.76 Å². The summed E-state index contributed by atoms with van der Waals surface area (Å²) in [6, 6.07) is 0. The van der Waals surface area contributed by atoms with E-state index in [4.69, 9.17) is 0 Å². The van der Waals surface area contributed by atoms with Gasteiger partial charge < -0.3 is 4.74 Å². The SMILES string of the molecule is FC(F)(F)C(OC1=C(Cl)C(F)(F)C(F)(F)C1(F)F)(C(F)(F)F)C(F)(F)F. The smallest absolute Gasteiger partial charge is 0.447 e. The van der Waals surface area contributed by atoms with Gasteiger partial charge >= 0.3 is 41.9 Å². The van der Waals surface area contributed by atoms with Crippen LogP contribution in [-0.2, 0) is 4.74 Å². The number of rotatable bonds is 2. The maximum Gasteiger partial charge on any atom is 0.447 e. The molecule has 0 aromatic heterocycles. The summed E-state index contributed by atoms with van der Waals surface area (Å²) in [6.07, 6.45) is -22.9. The van der Waals surface area contributed by atoms with Crippen LogP contribution in [0.1, 0.15) is 0 Å². The van der Waals surface area contributed by atoms with Crippen molar-refractivity contribution in [3.63, 3.8) is 0 Å². The summed E-state index contributed by atoms with van der Waals surface area (Å²) >= 11 is 4.24. The molecule has 0 fully saturated rings. The molecule has 0 saturated heterocycles. The highest BCUT2D eigenvalue weighted by atomic mass is 35.5. The number of allylic oxidation sites excluding steroid dienone is 2.